The lowest BCUT2D eigenvalue weighted by molar-refractivity contribution is -0.137. The minimum absolute atomic E-state index is 0.0533. The number of aryl methyl sites for hydroxylation is 1. The molecule has 0 bridgehead atoms. The van der Waals surface area contributed by atoms with Crippen LogP contribution in [0.25, 0.3) is 0 Å². The number of hydrogen-bond donors (Lipinski definition) is 2. The van der Waals surface area contributed by atoms with Crippen LogP contribution in [0.4, 0.5) is 5.69 Å². The van der Waals surface area contributed by atoms with Crippen LogP contribution < -0.4 is 10.1 Å². The van der Waals surface area contributed by atoms with Crippen molar-refractivity contribution in [3.8, 4) is 5.75 Å². The number of carboxylic acids is 1. The molecule has 0 saturated heterocycles. The van der Waals surface area contributed by atoms with Crippen LogP contribution in [0.3, 0.4) is 0 Å². The molecule has 128 valence electrons. The Bertz CT molecular complexity index is 682. The van der Waals surface area contributed by atoms with E-state index in [9.17, 15) is 9.59 Å². The Balaban J connectivity index is 2.11. The van der Waals surface area contributed by atoms with E-state index in [0.29, 0.717) is 30.9 Å². The third-order valence-corrected chi connectivity index (χ3v) is 4.20. The quantitative estimate of drug-likeness (QED) is 0.724. The summed E-state index contributed by atoms with van der Waals surface area (Å²) in [4.78, 5) is 23.9. The number of rotatable bonds is 9. The van der Waals surface area contributed by atoms with Gasteiger partial charge in [-0.2, -0.15) is 0 Å². The van der Waals surface area contributed by atoms with E-state index in [2.05, 4.69) is 5.32 Å². The molecule has 24 heavy (non-hydrogen) atoms. The van der Waals surface area contributed by atoms with Gasteiger partial charge in [-0.15, -0.1) is 11.3 Å². The first-order valence-electron chi connectivity index (χ1n) is 7.88. The van der Waals surface area contributed by atoms with E-state index < -0.39 is 5.97 Å². The van der Waals surface area contributed by atoms with Gasteiger partial charge < -0.3 is 15.2 Å². The molecule has 0 fully saturated rings. The molecule has 0 aliphatic heterocycles. The largest absolute Gasteiger partial charge is 0.491 e. The summed E-state index contributed by atoms with van der Waals surface area (Å²) < 4.78 is 5.67. The zero-order valence-corrected chi connectivity index (χ0v) is 14.4. The Morgan fingerprint density at radius 1 is 1.29 bits per heavy atom. The summed E-state index contributed by atoms with van der Waals surface area (Å²) in [6.07, 6.45) is 1.64. The highest BCUT2D eigenvalue weighted by molar-refractivity contribution is 7.10. The summed E-state index contributed by atoms with van der Waals surface area (Å²) in [5.74, 6) is -0.353. The van der Waals surface area contributed by atoms with Crippen molar-refractivity contribution in [3.05, 3.63) is 46.2 Å². The van der Waals surface area contributed by atoms with E-state index in [1.165, 1.54) is 11.3 Å². The summed E-state index contributed by atoms with van der Waals surface area (Å²) in [7, 11) is 0. The summed E-state index contributed by atoms with van der Waals surface area (Å²) in [6.45, 7) is 2.57. The Morgan fingerprint density at radius 3 is 2.79 bits per heavy atom. The minimum atomic E-state index is -0.843. The predicted octanol–water partition coefficient (Wildman–Crippen LogP) is 3.74. The SMILES string of the molecule is CCCOc1ccc(CCC(=O)O)cc1NC(=O)Cc1cccs1. The topological polar surface area (TPSA) is 75.6 Å². The van der Waals surface area contributed by atoms with Crippen LogP contribution >= 0.6 is 11.3 Å². The number of carboxylic acid groups (broad SMARTS) is 1. The van der Waals surface area contributed by atoms with Crippen molar-refractivity contribution in [2.24, 2.45) is 0 Å². The van der Waals surface area contributed by atoms with Gasteiger partial charge in [0.2, 0.25) is 5.91 Å². The molecular weight excluding hydrogens is 326 g/mol. The maximum atomic E-state index is 12.2. The van der Waals surface area contributed by atoms with Crippen LogP contribution in [0.1, 0.15) is 30.2 Å². The second-order valence-corrected chi connectivity index (χ2v) is 6.41. The Kier molecular flexibility index (Phi) is 6.81. The van der Waals surface area contributed by atoms with Crippen molar-refractivity contribution < 1.29 is 19.4 Å². The number of benzene rings is 1. The molecule has 0 unspecified atom stereocenters. The molecule has 2 rings (SSSR count). The monoisotopic (exact) mass is 347 g/mol. The lowest BCUT2D eigenvalue weighted by Gasteiger charge is -2.13. The fourth-order valence-corrected chi connectivity index (χ4v) is 2.89. The molecule has 0 atom stereocenters. The number of carbonyl (C=O) groups excluding carboxylic acids is 1. The van der Waals surface area contributed by atoms with Crippen LogP contribution in [-0.2, 0) is 22.4 Å². The predicted molar refractivity (Wildman–Crippen MR) is 94.8 cm³/mol. The molecule has 1 aromatic heterocycles. The fourth-order valence-electron chi connectivity index (χ4n) is 2.19. The zero-order valence-electron chi connectivity index (χ0n) is 13.6. The van der Waals surface area contributed by atoms with Gasteiger partial charge in [-0.25, -0.2) is 0 Å². The van der Waals surface area contributed by atoms with Gasteiger partial charge in [-0.3, -0.25) is 9.59 Å². The van der Waals surface area contributed by atoms with Crippen LogP contribution in [0.5, 0.6) is 5.75 Å². The Hall–Kier alpha value is -2.34. The number of amides is 1. The van der Waals surface area contributed by atoms with Crippen molar-refractivity contribution in [2.75, 3.05) is 11.9 Å². The standard InChI is InChI=1S/C18H21NO4S/c1-2-9-23-16-7-5-13(6-8-18(21)22)11-15(16)19-17(20)12-14-4-3-10-24-14/h3-5,7,10-11H,2,6,8-9,12H2,1H3,(H,19,20)(H,21,22). The smallest absolute Gasteiger partial charge is 0.303 e. The van der Waals surface area contributed by atoms with Gasteiger partial charge in [0.25, 0.3) is 0 Å². The fraction of sp³-hybridized carbons (Fsp3) is 0.333. The van der Waals surface area contributed by atoms with Crippen molar-refractivity contribution in [1.29, 1.82) is 0 Å². The lowest BCUT2D eigenvalue weighted by atomic mass is 10.1. The summed E-state index contributed by atoms with van der Waals surface area (Å²) in [5, 5.41) is 13.6. The number of thiophene rings is 1. The Morgan fingerprint density at radius 2 is 2.12 bits per heavy atom. The van der Waals surface area contributed by atoms with E-state index in [-0.39, 0.29) is 12.3 Å². The number of hydrogen-bond acceptors (Lipinski definition) is 4. The second kappa shape index (κ2) is 9.08. The van der Waals surface area contributed by atoms with Gasteiger partial charge in [-0.1, -0.05) is 19.1 Å². The second-order valence-electron chi connectivity index (χ2n) is 5.38. The molecule has 0 aliphatic carbocycles. The average Bonchev–Trinajstić information content (AvgIpc) is 3.04. The number of carbonyl (C=O) groups is 2. The van der Waals surface area contributed by atoms with Crippen molar-refractivity contribution in [2.45, 2.75) is 32.6 Å². The molecule has 5 nitrogen and oxygen atoms in total. The zero-order chi connectivity index (χ0) is 17.4. The van der Waals surface area contributed by atoms with Crippen LogP contribution in [0.2, 0.25) is 0 Å². The summed E-state index contributed by atoms with van der Waals surface area (Å²) in [5.41, 5.74) is 1.44. The van der Waals surface area contributed by atoms with E-state index in [0.717, 1.165) is 16.9 Å². The highest BCUT2D eigenvalue weighted by atomic mass is 32.1. The number of ether oxygens (including phenoxy) is 1. The summed E-state index contributed by atoms with van der Waals surface area (Å²) in [6, 6.07) is 9.24. The summed E-state index contributed by atoms with van der Waals surface area (Å²) >= 11 is 1.54. The Labute approximate surface area is 145 Å². The molecule has 1 aromatic carbocycles. The third-order valence-electron chi connectivity index (χ3n) is 3.32. The van der Waals surface area contributed by atoms with Gasteiger partial charge in [0.15, 0.2) is 0 Å². The molecule has 1 heterocycles. The van der Waals surface area contributed by atoms with Gasteiger partial charge in [0.1, 0.15) is 5.75 Å². The number of nitrogens with one attached hydrogen (secondary N) is 1. The molecule has 6 heteroatoms. The molecule has 1 amide bonds. The first-order chi connectivity index (χ1) is 11.6. The van der Waals surface area contributed by atoms with Crippen molar-refractivity contribution in [1.82, 2.24) is 0 Å². The third kappa shape index (κ3) is 5.70. The van der Waals surface area contributed by atoms with Gasteiger partial charge in [0.05, 0.1) is 18.7 Å². The molecule has 0 radical (unpaired) electrons. The first-order valence-corrected chi connectivity index (χ1v) is 8.76. The molecular formula is C18H21NO4S. The van der Waals surface area contributed by atoms with Crippen molar-refractivity contribution >= 4 is 28.9 Å². The highest BCUT2D eigenvalue weighted by Gasteiger charge is 2.11. The number of anilines is 1. The van der Waals surface area contributed by atoms with Crippen LogP contribution in [0, 0.1) is 0 Å². The minimum Gasteiger partial charge on any atom is -0.491 e. The van der Waals surface area contributed by atoms with E-state index in [1.54, 1.807) is 12.1 Å². The molecule has 0 spiro atoms. The number of aliphatic carboxylic acids is 1. The van der Waals surface area contributed by atoms with Crippen LogP contribution in [-0.4, -0.2) is 23.6 Å². The van der Waals surface area contributed by atoms with E-state index in [4.69, 9.17) is 9.84 Å². The average molecular weight is 347 g/mol. The molecule has 0 saturated carbocycles. The van der Waals surface area contributed by atoms with Gasteiger partial charge in [0, 0.05) is 11.3 Å². The maximum Gasteiger partial charge on any atom is 0.303 e. The highest BCUT2D eigenvalue weighted by Crippen LogP contribution is 2.27. The first kappa shape index (κ1) is 18.0. The molecule has 0 aliphatic rings. The van der Waals surface area contributed by atoms with Gasteiger partial charge in [-0.05, 0) is 42.0 Å². The lowest BCUT2D eigenvalue weighted by Crippen LogP contribution is -2.15. The normalized spacial score (nSPS) is 10.4. The van der Waals surface area contributed by atoms with Crippen LogP contribution in [0.15, 0.2) is 35.7 Å². The molecule has 2 aromatic rings. The van der Waals surface area contributed by atoms with Gasteiger partial charge >= 0.3 is 5.97 Å². The van der Waals surface area contributed by atoms with Crippen molar-refractivity contribution in [3.63, 3.8) is 0 Å². The molecule has 2 N–H and O–H groups in total. The van der Waals surface area contributed by atoms with E-state index >= 15 is 0 Å². The maximum absolute atomic E-state index is 12.2. The van der Waals surface area contributed by atoms with E-state index in [1.807, 2.05) is 30.5 Å².